The topological polar surface area (TPSA) is 73.3 Å². The van der Waals surface area contributed by atoms with Crippen LogP contribution in [0.3, 0.4) is 0 Å². The number of rotatable bonds is 1. The van der Waals surface area contributed by atoms with E-state index in [0.29, 0.717) is 0 Å². The third kappa shape index (κ3) is 2.46. The normalized spacial score (nSPS) is 40.7. The van der Waals surface area contributed by atoms with E-state index in [2.05, 4.69) is 19.2 Å². The lowest BCUT2D eigenvalue weighted by atomic mass is 9.88. The Kier molecular flexibility index (Phi) is 4.50. The molecule has 0 saturated carbocycles. The van der Waals surface area contributed by atoms with Crippen molar-refractivity contribution in [1.82, 2.24) is 5.32 Å². The zero-order valence-electron chi connectivity index (χ0n) is 10.9. The van der Waals surface area contributed by atoms with Crippen LogP contribution in [0.5, 0.6) is 0 Å². The number of hydrogen-bond donors (Lipinski definition) is 3. The van der Waals surface area contributed by atoms with Gasteiger partial charge in [-0.3, -0.25) is 0 Å². The molecule has 0 aromatic rings. The predicted octanol–water partition coefficient (Wildman–Crippen LogP) is 0.373. The van der Waals surface area contributed by atoms with Crippen LogP contribution >= 0.6 is 0 Å². The zero-order valence-corrected chi connectivity index (χ0v) is 10.9. The van der Waals surface area contributed by atoms with Crippen LogP contribution in [-0.4, -0.2) is 37.4 Å². The molecule has 5 N–H and O–H groups in total. The fraction of sp³-hybridized carbons (Fsp3) is 0.833. The molecule has 1 aliphatic rings. The molecule has 1 rings (SSSR count). The van der Waals surface area contributed by atoms with Crippen molar-refractivity contribution in [3.05, 3.63) is 11.1 Å². The lowest BCUT2D eigenvalue weighted by Crippen LogP contribution is -2.51. The first kappa shape index (κ1) is 13.6. The molecular weight excluding hydrogens is 202 g/mol. The Balaban J connectivity index is 3.15. The van der Waals surface area contributed by atoms with Crippen LogP contribution < -0.4 is 16.8 Å². The second-order valence-corrected chi connectivity index (χ2v) is 4.87. The summed E-state index contributed by atoms with van der Waals surface area (Å²) in [4.78, 5) is 0. The first-order chi connectivity index (χ1) is 7.40. The molecule has 0 radical (unpaired) electrons. The molecule has 0 aliphatic carbocycles. The van der Waals surface area contributed by atoms with Crippen LogP contribution in [0.1, 0.15) is 27.7 Å². The van der Waals surface area contributed by atoms with Gasteiger partial charge in [-0.25, -0.2) is 0 Å². The molecule has 5 unspecified atom stereocenters. The highest BCUT2D eigenvalue weighted by atomic mass is 16.5. The Morgan fingerprint density at radius 2 is 1.75 bits per heavy atom. The van der Waals surface area contributed by atoms with E-state index in [0.717, 1.165) is 0 Å². The number of hydrogen-bond acceptors (Lipinski definition) is 4. The number of nitrogens with two attached hydrogens (primary N) is 2. The van der Waals surface area contributed by atoms with E-state index in [9.17, 15) is 0 Å². The first-order valence-corrected chi connectivity index (χ1v) is 5.91. The molecule has 0 spiro atoms. The van der Waals surface area contributed by atoms with Crippen molar-refractivity contribution in [1.29, 1.82) is 0 Å². The molecular formula is C12H25N3O. The summed E-state index contributed by atoms with van der Waals surface area (Å²) in [6.07, 6.45) is 0.0136. The molecule has 4 nitrogen and oxygen atoms in total. The predicted molar refractivity (Wildman–Crippen MR) is 67.2 cm³/mol. The highest BCUT2D eigenvalue weighted by molar-refractivity contribution is 5.27. The van der Waals surface area contributed by atoms with Crippen LogP contribution in [0.25, 0.3) is 0 Å². The molecule has 16 heavy (non-hydrogen) atoms. The maximum absolute atomic E-state index is 6.24. The van der Waals surface area contributed by atoms with Gasteiger partial charge >= 0.3 is 0 Å². The lowest BCUT2D eigenvalue weighted by Gasteiger charge is -2.28. The Morgan fingerprint density at radius 3 is 2.19 bits per heavy atom. The van der Waals surface area contributed by atoms with Crippen molar-refractivity contribution in [3.63, 3.8) is 0 Å². The third-order valence-corrected chi connectivity index (χ3v) is 3.44. The molecule has 1 heterocycles. The summed E-state index contributed by atoms with van der Waals surface area (Å²) in [5, 5.41) is 3.26. The van der Waals surface area contributed by atoms with E-state index in [1.54, 1.807) is 0 Å². The number of nitrogens with one attached hydrogen (secondary N) is 1. The van der Waals surface area contributed by atoms with Gasteiger partial charge in [-0.1, -0.05) is 5.57 Å². The van der Waals surface area contributed by atoms with Gasteiger partial charge in [0.25, 0.3) is 0 Å². The summed E-state index contributed by atoms with van der Waals surface area (Å²) in [6.45, 7) is 8.17. The van der Waals surface area contributed by atoms with Gasteiger partial charge < -0.3 is 21.5 Å². The third-order valence-electron chi connectivity index (χ3n) is 3.44. The number of allylic oxidation sites excluding steroid dienone is 1. The maximum Gasteiger partial charge on any atom is 0.0741 e. The molecule has 94 valence electrons. The van der Waals surface area contributed by atoms with Gasteiger partial charge in [-0.2, -0.15) is 0 Å². The molecule has 1 fully saturated rings. The minimum absolute atomic E-state index is 0.00398. The quantitative estimate of drug-likeness (QED) is 0.566. The van der Waals surface area contributed by atoms with E-state index in [-0.39, 0.29) is 30.3 Å². The summed E-state index contributed by atoms with van der Waals surface area (Å²) in [5.41, 5.74) is 14.9. The maximum atomic E-state index is 6.24. The minimum Gasteiger partial charge on any atom is -0.372 e. The molecule has 4 heteroatoms. The van der Waals surface area contributed by atoms with E-state index in [1.807, 2.05) is 20.9 Å². The number of likely N-dealkylation sites (N-methyl/N-ethyl adjacent to an activating group) is 1. The Morgan fingerprint density at radius 1 is 1.19 bits per heavy atom. The Bertz CT molecular complexity index is 273. The summed E-state index contributed by atoms with van der Waals surface area (Å²) in [5.74, 6) is 0. The van der Waals surface area contributed by atoms with Crippen LogP contribution in [0, 0.1) is 0 Å². The smallest absolute Gasteiger partial charge is 0.0741 e. The van der Waals surface area contributed by atoms with Crippen molar-refractivity contribution < 1.29 is 4.74 Å². The van der Waals surface area contributed by atoms with Gasteiger partial charge in [0, 0.05) is 12.1 Å². The highest BCUT2D eigenvalue weighted by Crippen LogP contribution is 2.24. The van der Waals surface area contributed by atoms with E-state index in [1.165, 1.54) is 11.1 Å². The first-order valence-electron chi connectivity index (χ1n) is 5.91. The van der Waals surface area contributed by atoms with E-state index < -0.39 is 0 Å². The largest absolute Gasteiger partial charge is 0.372 e. The molecule has 0 amide bonds. The Hall–Kier alpha value is -0.420. The second-order valence-electron chi connectivity index (χ2n) is 4.87. The molecule has 0 aromatic heterocycles. The second kappa shape index (κ2) is 5.27. The van der Waals surface area contributed by atoms with Crippen molar-refractivity contribution >= 4 is 0 Å². The van der Waals surface area contributed by atoms with Gasteiger partial charge in [-0.05, 0) is 40.3 Å². The van der Waals surface area contributed by atoms with E-state index >= 15 is 0 Å². The fourth-order valence-corrected chi connectivity index (χ4v) is 2.44. The van der Waals surface area contributed by atoms with Crippen molar-refractivity contribution in [2.24, 2.45) is 11.5 Å². The van der Waals surface area contributed by atoms with E-state index in [4.69, 9.17) is 16.2 Å². The molecule has 1 aliphatic heterocycles. The zero-order chi connectivity index (χ0) is 12.5. The Labute approximate surface area is 98.4 Å². The highest BCUT2D eigenvalue weighted by Gasteiger charge is 2.36. The van der Waals surface area contributed by atoms with Gasteiger partial charge in [0.2, 0.25) is 0 Å². The van der Waals surface area contributed by atoms with Crippen LogP contribution in [-0.2, 0) is 4.74 Å². The average molecular weight is 227 g/mol. The van der Waals surface area contributed by atoms with Crippen LogP contribution in [0.2, 0.25) is 0 Å². The summed E-state index contributed by atoms with van der Waals surface area (Å²) >= 11 is 0. The standard InChI is InChI=1S/C12H25N3O/c1-6(2)9-10(13)7(3)16-8(4)11(14)12(9)15-5/h7-8,10-12,15H,13-14H2,1-5H3. The molecule has 5 atom stereocenters. The molecule has 0 bridgehead atoms. The van der Waals surface area contributed by atoms with Gasteiger partial charge in [0.1, 0.15) is 0 Å². The summed E-state index contributed by atoms with van der Waals surface area (Å²) in [7, 11) is 1.92. The average Bonchev–Trinajstić information content (AvgIpc) is 2.29. The fourth-order valence-electron chi connectivity index (χ4n) is 2.44. The molecule has 0 aromatic carbocycles. The van der Waals surface area contributed by atoms with Gasteiger partial charge in [-0.15, -0.1) is 0 Å². The van der Waals surface area contributed by atoms with Crippen LogP contribution in [0.15, 0.2) is 11.1 Å². The van der Waals surface area contributed by atoms with Crippen molar-refractivity contribution in [2.45, 2.75) is 58.0 Å². The van der Waals surface area contributed by atoms with Crippen molar-refractivity contribution in [2.75, 3.05) is 7.05 Å². The monoisotopic (exact) mass is 227 g/mol. The van der Waals surface area contributed by atoms with Crippen LogP contribution in [0.4, 0.5) is 0 Å². The molecule has 1 saturated heterocycles. The van der Waals surface area contributed by atoms with Gasteiger partial charge in [0.15, 0.2) is 0 Å². The van der Waals surface area contributed by atoms with Crippen molar-refractivity contribution in [3.8, 4) is 0 Å². The van der Waals surface area contributed by atoms with Gasteiger partial charge in [0.05, 0.1) is 18.2 Å². The SMILES string of the molecule is CNC1C(=C(C)C)C(N)C(C)OC(C)C1N. The minimum atomic E-state index is -0.0848. The summed E-state index contributed by atoms with van der Waals surface area (Å²) < 4.78 is 5.82. The number of ether oxygens (including phenoxy) is 1. The lowest BCUT2D eigenvalue weighted by molar-refractivity contribution is -0.00259. The summed E-state index contributed by atoms with van der Waals surface area (Å²) in [6, 6.07) is -0.0516.